The average Bonchev–Trinajstić information content (AvgIpc) is 2.93. The van der Waals surface area contributed by atoms with Gasteiger partial charge in [-0.15, -0.1) is 11.8 Å². The third kappa shape index (κ3) is 6.59. The predicted octanol–water partition coefficient (Wildman–Crippen LogP) is 6.48. The van der Waals surface area contributed by atoms with E-state index in [-0.39, 0.29) is 28.3 Å². The smallest absolute Gasteiger partial charge is 0.249 e. The van der Waals surface area contributed by atoms with Crippen molar-refractivity contribution in [2.45, 2.75) is 36.8 Å². The largest absolute Gasteiger partial charge is 0.497 e. The van der Waals surface area contributed by atoms with Gasteiger partial charge in [0.1, 0.15) is 29.4 Å². The van der Waals surface area contributed by atoms with Crippen LogP contribution in [-0.2, 0) is 4.79 Å². The molecular weight excluding hydrogens is 558 g/mol. The van der Waals surface area contributed by atoms with Gasteiger partial charge in [-0.1, -0.05) is 11.6 Å². The molecule has 4 rings (SSSR count). The van der Waals surface area contributed by atoms with Crippen molar-refractivity contribution in [1.29, 1.82) is 0 Å². The highest BCUT2D eigenvalue weighted by Crippen LogP contribution is 2.42. The van der Waals surface area contributed by atoms with Gasteiger partial charge in [0.15, 0.2) is 0 Å². The second-order valence-electron chi connectivity index (χ2n) is 9.52. The van der Waals surface area contributed by atoms with Crippen LogP contribution in [-0.4, -0.2) is 53.5 Å². The molecule has 1 atom stereocenters. The molecule has 1 saturated heterocycles. The van der Waals surface area contributed by atoms with E-state index < -0.39 is 34.9 Å². The lowest BCUT2D eigenvalue weighted by atomic mass is 9.73. The van der Waals surface area contributed by atoms with E-state index in [4.69, 9.17) is 16.3 Å². The molecule has 0 bridgehead atoms. The van der Waals surface area contributed by atoms with E-state index >= 15 is 4.39 Å². The molecule has 0 saturated carbocycles. The van der Waals surface area contributed by atoms with E-state index in [1.165, 1.54) is 13.3 Å². The molecule has 1 aliphatic heterocycles. The number of nitrogens with one attached hydrogen (secondary N) is 1. The number of carbonyl (C=O) groups excluding carboxylic acids is 1. The number of methoxy groups -OCH3 is 1. The number of likely N-dealkylation sites (tertiary alicyclic amines) is 1. The van der Waals surface area contributed by atoms with Crippen LogP contribution in [0, 0.1) is 22.9 Å². The van der Waals surface area contributed by atoms with Crippen LogP contribution >= 0.6 is 23.4 Å². The molecule has 0 aliphatic carbocycles. The molecule has 210 valence electrons. The normalized spacial score (nSPS) is 16.3. The molecule has 12 heteroatoms. The lowest BCUT2D eigenvalue weighted by Crippen LogP contribution is -2.48. The van der Waals surface area contributed by atoms with Gasteiger partial charge in [0.2, 0.25) is 5.91 Å². The average molecular weight is 586 g/mol. The van der Waals surface area contributed by atoms with E-state index in [1.54, 1.807) is 23.7 Å². The maximum atomic E-state index is 15.7. The zero-order valence-corrected chi connectivity index (χ0v) is 22.7. The number of amides is 1. The summed E-state index contributed by atoms with van der Waals surface area (Å²) in [5, 5.41) is 10.1. The monoisotopic (exact) mass is 585 g/mol. The number of rotatable bonds is 10. The summed E-state index contributed by atoms with van der Waals surface area (Å²) >= 11 is 7.29. The number of thioether (sulfide) groups is 1. The van der Waals surface area contributed by atoms with E-state index in [1.807, 2.05) is 4.90 Å². The number of halogens is 5. The molecule has 1 aliphatic rings. The van der Waals surface area contributed by atoms with E-state index in [9.17, 15) is 23.2 Å². The van der Waals surface area contributed by atoms with Crippen LogP contribution in [0.2, 0.25) is 5.02 Å². The fourth-order valence-corrected chi connectivity index (χ4v) is 6.23. The first-order valence-electron chi connectivity index (χ1n) is 12.4. The zero-order valence-electron chi connectivity index (χ0n) is 21.2. The maximum Gasteiger partial charge on any atom is 0.249 e. The number of alkyl halides is 1. The molecule has 39 heavy (non-hydrogen) atoms. The minimum Gasteiger partial charge on any atom is -0.497 e. The first-order valence-corrected chi connectivity index (χ1v) is 13.7. The molecule has 2 heterocycles. The van der Waals surface area contributed by atoms with Crippen LogP contribution in [0.4, 0.5) is 17.6 Å². The van der Waals surface area contributed by atoms with Crippen LogP contribution in [0.25, 0.3) is 10.9 Å². The number of pyridine rings is 1. The number of piperidine rings is 1. The Kier molecular flexibility index (Phi) is 9.58. The number of fused-ring (bicyclic) bond motifs is 1. The third-order valence-corrected chi connectivity index (χ3v) is 8.64. The summed E-state index contributed by atoms with van der Waals surface area (Å²) in [6.07, 6.45) is 0.771. The van der Waals surface area contributed by atoms with Crippen molar-refractivity contribution < 1.29 is 32.3 Å². The van der Waals surface area contributed by atoms with Gasteiger partial charge in [-0.3, -0.25) is 15.0 Å². The number of carbonyl (C=O) groups is 1. The standard InChI is InChI=1S/C27H28ClF4N3O3S/c1-38-17-2-3-23-18(14-17)24(19(28)15-33-23)20(30)4-5-27(26(36)34-37)6-8-35(9-7-27)10-11-39-25-21(31)12-16(29)13-22(25)32/h2-3,12-15,20,37H,4-11H2,1H3,(H,34,36). The predicted molar refractivity (Wildman–Crippen MR) is 141 cm³/mol. The second kappa shape index (κ2) is 12.7. The summed E-state index contributed by atoms with van der Waals surface area (Å²) < 4.78 is 61.9. The van der Waals surface area contributed by atoms with Crippen molar-refractivity contribution in [3.05, 3.63) is 64.6 Å². The van der Waals surface area contributed by atoms with Crippen molar-refractivity contribution in [3.63, 3.8) is 0 Å². The van der Waals surface area contributed by atoms with Gasteiger partial charge in [0.25, 0.3) is 0 Å². The molecule has 6 nitrogen and oxygen atoms in total. The van der Waals surface area contributed by atoms with Crippen molar-refractivity contribution in [1.82, 2.24) is 15.4 Å². The van der Waals surface area contributed by atoms with E-state index in [2.05, 4.69) is 4.98 Å². The van der Waals surface area contributed by atoms with Crippen molar-refractivity contribution >= 4 is 40.2 Å². The van der Waals surface area contributed by atoms with Gasteiger partial charge in [-0.25, -0.2) is 23.0 Å². The Balaban J connectivity index is 1.40. The molecule has 2 aromatic carbocycles. The molecular formula is C27H28ClF4N3O3S. The Hall–Kier alpha value is -2.60. The summed E-state index contributed by atoms with van der Waals surface area (Å²) in [6.45, 7) is 1.41. The number of aromatic nitrogens is 1. The number of hydroxylamine groups is 1. The zero-order chi connectivity index (χ0) is 28.2. The number of benzene rings is 2. The van der Waals surface area contributed by atoms with Crippen molar-refractivity contribution in [3.8, 4) is 5.75 Å². The lowest BCUT2D eigenvalue weighted by Gasteiger charge is -2.40. The Morgan fingerprint density at radius 1 is 1.23 bits per heavy atom. The Bertz CT molecular complexity index is 1320. The minimum atomic E-state index is -1.49. The second-order valence-corrected chi connectivity index (χ2v) is 11.0. The van der Waals surface area contributed by atoms with Crippen LogP contribution in [0.3, 0.4) is 0 Å². The van der Waals surface area contributed by atoms with Crippen LogP contribution < -0.4 is 10.2 Å². The highest BCUT2D eigenvalue weighted by Gasteiger charge is 2.41. The maximum absolute atomic E-state index is 15.7. The molecule has 2 N–H and O–H groups in total. The minimum absolute atomic E-state index is 0.0115. The van der Waals surface area contributed by atoms with Gasteiger partial charge >= 0.3 is 0 Å². The summed E-state index contributed by atoms with van der Waals surface area (Å²) in [5.41, 5.74) is 1.58. The fourth-order valence-electron chi connectivity index (χ4n) is 5.02. The SMILES string of the molecule is COc1ccc2ncc(Cl)c(C(F)CCC3(C(=O)NO)CCN(CCSc4c(F)cc(F)cc4F)CC3)c2c1. The summed E-state index contributed by atoms with van der Waals surface area (Å²) in [7, 11) is 1.51. The highest BCUT2D eigenvalue weighted by atomic mass is 35.5. The van der Waals surface area contributed by atoms with Crippen LogP contribution in [0.1, 0.15) is 37.4 Å². The highest BCUT2D eigenvalue weighted by molar-refractivity contribution is 7.99. The van der Waals surface area contributed by atoms with E-state index in [0.717, 1.165) is 11.8 Å². The van der Waals surface area contributed by atoms with Gasteiger partial charge in [-0.2, -0.15) is 0 Å². The van der Waals surface area contributed by atoms with Crippen LogP contribution in [0.5, 0.6) is 5.75 Å². The summed E-state index contributed by atoms with van der Waals surface area (Å²) in [5.74, 6) is -2.56. The number of hydrogen-bond donors (Lipinski definition) is 2. The third-order valence-electron chi connectivity index (χ3n) is 7.27. The Labute approximate surface area is 232 Å². The Morgan fingerprint density at radius 3 is 2.56 bits per heavy atom. The quantitative estimate of drug-likeness (QED) is 0.123. The van der Waals surface area contributed by atoms with Crippen molar-refractivity contribution in [2.75, 3.05) is 32.5 Å². The number of ether oxygens (including phenoxy) is 1. The van der Waals surface area contributed by atoms with Gasteiger partial charge < -0.3 is 9.64 Å². The molecule has 0 spiro atoms. The fraction of sp³-hybridized carbons (Fsp3) is 0.407. The molecule has 0 radical (unpaired) electrons. The molecule has 1 aromatic heterocycles. The lowest BCUT2D eigenvalue weighted by molar-refractivity contribution is -0.143. The molecule has 3 aromatic rings. The Morgan fingerprint density at radius 2 is 1.92 bits per heavy atom. The molecule has 1 unspecified atom stereocenters. The summed E-state index contributed by atoms with van der Waals surface area (Å²) in [6, 6.07) is 6.40. The van der Waals surface area contributed by atoms with Gasteiger partial charge in [0, 0.05) is 41.6 Å². The molecule has 1 fully saturated rings. The van der Waals surface area contributed by atoms with Crippen molar-refractivity contribution in [2.24, 2.45) is 5.41 Å². The number of hydrogen-bond acceptors (Lipinski definition) is 6. The topological polar surface area (TPSA) is 74.7 Å². The van der Waals surface area contributed by atoms with Gasteiger partial charge in [-0.05, 0) is 57.0 Å². The van der Waals surface area contributed by atoms with Gasteiger partial charge in [0.05, 0.1) is 28.0 Å². The molecule has 1 amide bonds. The summed E-state index contributed by atoms with van der Waals surface area (Å²) in [4.78, 5) is 18.8. The number of nitrogens with zero attached hydrogens (tertiary/aromatic N) is 2. The first-order chi connectivity index (χ1) is 18.7. The first kappa shape index (κ1) is 29.4. The van der Waals surface area contributed by atoms with Crippen LogP contribution in [0.15, 0.2) is 41.4 Å². The van der Waals surface area contributed by atoms with E-state index in [0.29, 0.717) is 67.0 Å².